The second-order valence-corrected chi connectivity index (χ2v) is 7.74. The average Bonchev–Trinajstić information content (AvgIpc) is 2.51. The van der Waals surface area contributed by atoms with E-state index < -0.39 is 15.8 Å². The number of carbonyl (C=O) groups excluding carboxylic acids is 1. The SMILES string of the molecule is CCN(CC)S(=O)(=O)CC(=O)N1C[C@H](C)CCC[C@H]1C. The maximum Gasteiger partial charge on any atom is 0.239 e. The summed E-state index contributed by atoms with van der Waals surface area (Å²) in [5.74, 6) is -0.204. The highest BCUT2D eigenvalue weighted by Crippen LogP contribution is 2.21. The molecule has 0 spiro atoms. The fraction of sp³-hybridized carbons (Fsp3) is 0.929. The van der Waals surface area contributed by atoms with Crippen molar-refractivity contribution < 1.29 is 13.2 Å². The first-order valence-corrected chi connectivity index (χ1v) is 9.20. The predicted octanol–water partition coefficient (Wildman–Crippen LogP) is 1.70. The van der Waals surface area contributed by atoms with Crippen LogP contribution < -0.4 is 0 Å². The fourth-order valence-electron chi connectivity index (χ4n) is 2.82. The van der Waals surface area contributed by atoms with Crippen LogP contribution in [0.2, 0.25) is 0 Å². The first-order chi connectivity index (χ1) is 9.31. The summed E-state index contributed by atoms with van der Waals surface area (Å²) < 4.78 is 25.8. The van der Waals surface area contributed by atoms with Crippen molar-refractivity contribution in [1.82, 2.24) is 9.21 Å². The van der Waals surface area contributed by atoms with Crippen LogP contribution in [0.1, 0.15) is 47.0 Å². The molecule has 1 aliphatic rings. The number of nitrogens with zero attached hydrogens (tertiary/aromatic N) is 2. The molecule has 0 aliphatic carbocycles. The van der Waals surface area contributed by atoms with Crippen molar-refractivity contribution >= 4 is 15.9 Å². The van der Waals surface area contributed by atoms with E-state index in [0.717, 1.165) is 19.3 Å². The van der Waals surface area contributed by atoms with Crippen molar-refractivity contribution in [3.8, 4) is 0 Å². The molecule has 118 valence electrons. The van der Waals surface area contributed by atoms with Crippen LogP contribution in [0.3, 0.4) is 0 Å². The molecule has 1 saturated heterocycles. The molecular formula is C14H28N2O3S. The molecule has 1 rings (SSSR count). The third-order valence-electron chi connectivity index (χ3n) is 4.08. The van der Waals surface area contributed by atoms with Crippen molar-refractivity contribution in [3.05, 3.63) is 0 Å². The van der Waals surface area contributed by atoms with Crippen LogP contribution >= 0.6 is 0 Å². The number of rotatable bonds is 5. The molecule has 1 heterocycles. The quantitative estimate of drug-likeness (QED) is 0.777. The molecule has 0 radical (unpaired) electrons. The van der Waals surface area contributed by atoms with Gasteiger partial charge >= 0.3 is 0 Å². The first-order valence-electron chi connectivity index (χ1n) is 7.59. The zero-order valence-electron chi connectivity index (χ0n) is 13.1. The highest BCUT2D eigenvalue weighted by Gasteiger charge is 2.30. The zero-order valence-corrected chi connectivity index (χ0v) is 13.9. The van der Waals surface area contributed by atoms with Gasteiger partial charge in [0.05, 0.1) is 0 Å². The van der Waals surface area contributed by atoms with Crippen LogP contribution in [-0.2, 0) is 14.8 Å². The molecule has 0 N–H and O–H groups in total. The Labute approximate surface area is 123 Å². The number of likely N-dealkylation sites (tertiary alicyclic amines) is 1. The molecule has 0 saturated carbocycles. The largest absolute Gasteiger partial charge is 0.339 e. The van der Waals surface area contributed by atoms with E-state index in [0.29, 0.717) is 25.6 Å². The van der Waals surface area contributed by atoms with Gasteiger partial charge in [0.1, 0.15) is 5.75 Å². The van der Waals surface area contributed by atoms with Crippen molar-refractivity contribution in [1.29, 1.82) is 0 Å². The van der Waals surface area contributed by atoms with Gasteiger partial charge in [-0.15, -0.1) is 0 Å². The van der Waals surface area contributed by atoms with E-state index in [4.69, 9.17) is 0 Å². The number of hydrogen-bond acceptors (Lipinski definition) is 3. The summed E-state index contributed by atoms with van der Waals surface area (Å²) in [6, 6.07) is 0.138. The van der Waals surface area contributed by atoms with E-state index in [9.17, 15) is 13.2 Å². The molecule has 0 aromatic heterocycles. The van der Waals surface area contributed by atoms with E-state index in [1.165, 1.54) is 4.31 Å². The maximum atomic E-state index is 12.4. The molecule has 0 aromatic carbocycles. The molecule has 0 unspecified atom stereocenters. The highest BCUT2D eigenvalue weighted by molar-refractivity contribution is 7.89. The monoisotopic (exact) mass is 304 g/mol. The maximum absolute atomic E-state index is 12.4. The van der Waals surface area contributed by atoms with Crippen molar-refractivity contribution in [2.24, 2.45) is 5.92 Å². The molecule has 0 aromatic rings. The van der Waals surface area contributed by atoms with Crippen molar-refractivity contribution in [2.75, 3.05) is 25.4 Å². The summed E-state index contributed by atoms with van der Waals surface area (Å²) in [7, 11) is -3.48. The Hall–Kier alpha value is -0.620. The zero-order chi connectivity index (χ0) is 15.3. The Morgan fingerprint density at radius 2 is 1.80 bits per heavy atom. The highest BCUT2D eigenvalue weighted by atomic mass is 32.2. The van der Waals surface area contributed by atoms with Gasteiger partial charge in [-0.25, -0.2) is 12.7 Å². The molecule has 0 bridgehead atoms. The van der Waals surface area contributed by atoms with Gasteiger partial charge in [0.2, 0.25) is 15.9 Å². The first kappa shape index (κ1) is 17.4. The van der Waals surface area contributed by atoms with Crippen LogP contribution in [0.4, 0.5) is 0 Å². The van der Waals surface area contributed by atoms with Crippen LogP contribution in [0, 0.1) is 5.92 Å². The van der Waals surface area contributed by atoms with E-state index in [2.05, 4.69) is 6.92 Å². The summed E-state index contributed by atoms with van der Waals surface area (Å²) in [6.45, 7) is 9.23. The van der Waals surface area contributed by atoms with Gasteiger partial charge < -0.3 is 4.90 Å². The lowest BCUT2D eigenvalue weighted by atomic mass is 10.1. The summed E-state index contributed by atoms with van der Waals surface area (Å²) in [4.78, 5) is 14.1. The van der Waals surface area contributed by atoms with Gasteiger partial charge in [0.15, 0.2) is 0 Å². The van der Waals surface area contributed by atoms with Gasteiger partial charge in [-0.2, -0.15) is 0 Å². The minimum absolute atomic E-state index is 0.138. The molecule has 1 aliphatic heterocycles. The Bertz CT molecular complexity index is 418. The standard InChI is InChI=1S/C14H28N2O3S/c1-5-15(6-2)20(18,19)11-14(17)16-10-12(3)8-7-9-13(16)4/h12-13H,5-11H2,1-4H3/t12-,13-/m1/s1. The minimum atomic E-state index is -3.48. The van der Waals surface area contributed by atoms with Crippen molar-refractivity contribution in [3.63, 3.8) is 0 Å². The number of amides is 1. The lowest BCUT2D eigenvalue weighted by molar-refractivity contribution is -0.130. The van der Waals surface area contributed by atoms with E-state index in [1.54, 1.807) is 18.7 Å². The molecule has 6 heteroatoms. The van der Waals surface area contributed by atoms with Gasteiger partial charge in [-0.1, -0.05) is 27.2 Å². The van der Waals surface area contributed by atoms with Crippen LogP contribution in [0.25, 0.3) is 0 Å². The molecular weight excluding hydrogens is 276 g/mol. The molecule has 20 heavy (non-hydrogen) atoms. The number of carbonyl (C=O) groups is 1. The summed E-state index contributed by atoms with van der Waals surface area (Å²) in [5, 5.41) is 0. The fourth-order valence-corrected chi connectivity index (χ4v) is 4.27. The van der Waals surface area contributed by atoms with E-state index >= 15 is 0 Å². The average molecular weight is 304 g/mol. The summed E-state index contributed by atoms with van der Waals surface area (Å²) in [6.07, 6.45) is 3.17. The normalized spacial score (nSPS) is 24.8. The van der Waals surface area contributed by atoms with Crippen LogP contribution in [-0.4, -0.2) is 55.0 Å². The van der Waals surface area contributed by atoms with E-state index in [1.807, 2.05) is 6.92 Å². The second kappa shape index (κ2) is 7.41. The lowest BCUT2D eigenvalue weighted by Crippen LogP contribution is -2.45. The third-order valence-corrected chi connectivity index (χ3v) is 6.00. The Morgan fingerprint density at radius 3 is 2.35 bits per heavy atom. The van der Waals surface area contributed by atoms with Crippen molar-refractivity contribution in [2.45, 2.75) is 53.0 Å². The van der Waals surface area contributed by atoms with Gasteiger partial charge in [0, 0.05) is 25.7 Å². The Morgan fingerprint density at radius 1 is 1.20 bits per heavy atom. The van der Waals surface area contributed by atoms with E-state index in [-0.39, 0.29) is 11.9 Å². The van der Waals surface area contributed by atoms with Gasteiger partial charge in [-0.3, -0.25) is 4.79 Å². The topological polar surface area (TPSA) is 57.7 Å². The molecule has 1 fully saturated rings. The van der Waals surface area contributed by atoms with Gasteiger partial charge in [0.25, 0.3) is 0 Å². The second-order valence-electron chi connectivity index (χ2n) is 5.77. The Kier molecular flexibility index (Phi) is 6.45. The number of sulfonamides is 1. The summed E-state index contributed by atoms with van der Waals surface area (Å²) in [5.41, 5.74) is 0. The third kappa shape index (κ3) is 4.45. The molecule has 2 atom stereocenters. The molecule has 1 amide bonds. The molecule has 5 nitrogen and oxygen atoms in total. The Balaban J connectivity index is 2.78. The smallest absolute Gasteiger partial charge is 0.239 e. The summed E-state index contributed by atoms with van der Waals surface area (Å²) >= 11 is 0. The number of hydrogen-bond donors (Lipinski definition) is 0. The van der Waals surface area contributed by atoms with Crippen LogP contribution in [0.5, 0.6) is 0 Å². The minimum Gasteiger partial charge on any atom is -0.339 e. The van der Waals surface area contributed by atoms with Crippen LogP contribution in [0.15, 0.2) is 0 Å². The lowest BCUT2D eigenvalue weighted by Gasteiger charge is -2.29. The van der Waals surface area contributed by atoms with Gasteiger partial charge in [-0.05, 0) is 25.7 Å². The predicted molar refractivity (Wildman–Crippen MR) is 80.9 cm³/mol.